The molecule has 7 nitrogen and oxygen atoms in total. The van der Waals surface area contributed by atoms with E-state index in [0.29, 0.717) is 5.56 Å². The first-order valence-electron chi connectivity index (χ1n) is 5.05. The molecule has 92 valence electrons. The Kier molecular flexibility index (Phi) is 3.05. The van der Waals surface area contributed by atoms with E-state index >= 15 is 0 Å². The van der Waals surface area contributed by atoms with Crippen LogP contribution in [0.5, 0.6) is 0 Å². The van der Waals surface area contributed by atoms with Crippen LogP contribution in [0.1, 0.15) is 0 Å². The summed E-state index contributed by atoms with van der Waals surface area (Å²) < 4.78 is 1.29. The Bertz CT molecular complexity index is 589. The minimum absolute atomic E-state index is 0.0108. The normalized spacial score (nSPS) is 10.2. The smallest absolute Gasteiger partial charge is 0.325 e. The molecule has 0 unspecified atom stereocenters. The number of hydrogen-bond donors (Lipinski definition) is 1. The fourth-order valence-corrected chi connectivity index (χ4v) is 1.51. The fourth-order valence-electron chi connectivity index (χ4n) is 1.51. The third kappa shape index (κ3) is 2.51. The molecule has 0 saturated heterocycles. The largest absolute Gasteiger partial charge is 0.480 e. The van der Waals surface area contributed by atoms with Crippen molar-refractivity contribution in [2.45, 2.75) is 6.54 Å². The Morgan fingerprint density at radius 1 is 1.33 bits per heavy atom. The molecular formula is C11H9N3O4. The third-order valence-corrected chi connectivity index (χ3v) is 2.34. The number of nitro groups is 1. The van der Waals surface area contributed by atoms with Gasteiger partial charge in [0.15, 0.2) is 0 Å². The predicted octanol–water partition coefficient (Wildman–Crippen LogP) is 1.54. The molecule has 2 rings (SSSR count). The summed E-state index contributed by atoms with van der Waals surface area (Å²) in [4.78, 5) is 20.5. The zero-order chi connectivity index (χ0) is 13.1. The van der Waals surface area contributed by atoms with Crippen LogP contribution in [0.2, 0.25) is 0 Å². The summed E-state index contributed by atoms with van der Waals surface area (Å²) in [6.45, 7) is -0.215. The number of non-ortho nitro benzene ring substituents is 1. The summed E-state index contributed by atoms with van der Waals surface area (Å²) in [5, 5.41) is 23.0. The van der Waals surface area contributed by atoms with Crippen LogP contribution in [0, 0.1) is 10.1 Å². The van der Waals surface area contributed by atoms with Crippen molar-refractivity contribution in [1.82, 2.24) is 9.78 Å². The van der Waals surface area contributed by atoms with Gasteiger partial charge in [-0.15, -0.1) is 0 Å². The van der Waals surface area contributed by atoms with Gasteiger partial charge in [0.05, 0.1) is 11.1 Å². The second-order valence-electron chi connectivity index (χ2n) is 3.62. The van der Waals surface area contributed by atoms with Gasteiger partial charge in [-0.25, -0.2) is 0 Å². The predicted molar refractivity (Wildman–Crippen MR) is 62.0 cm³/mol. The lowest BCUT2D eigenvalue weighted by molar-refractivity contribution is -0.384. The van der Waals surface area contributed by atoms with Crippen molar-refractivity contribution in [2.24, 2.45) is 0 Å². The minimum Gasteiger partial charge on any atom is -0.480 e. The van der Waals surface area contributed by atoms with Gasteiger partial charge in [-0.2, -0.15) is 5.10 Å². The second-order valence-corrected chi connectivity index (χ2v) is 3.62. The van der Waals surface area contributed by atoms with Crippen LogP contribution in [-0.2, 0) is 11.3 Å². The molecular weight excluding hydrogens is 238 g/mol. The topological polar surface area (TPSA) is 98.3 Å². The van der Waals surface area contributed by atoms with E-state index in [4.69, 9.17) is 5.11 Å². The highest BCUT2D eigenvalue weighted by atomic mass is 16.6. The van der Waals surface area contributed by atoms with E-state index in [-0.39, 0.29) is 12.2 Å². The number of nitrogens with zero attached hydrogens (tertiary/aromatic N) is 3. The molecule has 0 radical (unpaired) electrons. The molecule has 2 aromatic rings. The fraction of sp³-hybridized carbons (Fsp3) is 0.0909. The van der Waals surface area contributed by atoms with E-state index in [1.807, 2.05) is 0 Å². The lowest BCUT2D eigenvalue weighted by Crippen LogP contribution is -2.08. The molecule has 1 aromatic carbocycles. The highest BCUT2D eigenvalue weighted by Gasteiger charge is 2.07. The third-order valence-electron chi connectivity index (χ3n) is 2.34. The van der Waals surface area contributed by atoms with Gasteiger partial charge in [0.2, 0.25) is 0 Å². The monoisotopic (exact) mass is 247 g/mol. The van der Waals surface area contributed by atoms with Crippen molar-refractivity contribution in [3.05, 3.63) is 46.8 Å². The Morgan fingerprint density at radius 2 is 2.00 bits per heavy atom. The number of carboxylic acid groups (broad SMARTS) is 1. The first-order valence-corrected chi connectivity index (χ1v) is 5.05. The van der Waals surface area contributed by atoms with Crippen molar-refractivity contribution in [3.63, 3.8) is 0 Å². The molecule has 0 aliphatic rings. The molecule has 1 N–H and O–H groups in total. The lowest BCUT2D eigenvalue weighted by Gasteiger charge is -1.97. The zero-order valence-corrected chi connectivity index (χ0v) is 9.18. The van der Waals surface area contributed by atoms with Crippen LogP contribution in [0.3, 0.4) is 0 Å². The van der Waals surface area contributed by atoms with E-state index in [1.54, 1.807) is 18.3 Å². The van der Waals surface area contributed by atoms with Gasteiger partial charge < -0.3 is 5.11 Å². The Balaban J connectivity index is 2.23. The van der Waals surface area contributed by atoms with Crippen molar-refractivity contribution in [2.75, 3.05) is 0 Å². The summed E-state index contributed by atoms with van der Waals surface area (Å²) in [7, 11) is 0. The highest BCUT2D eigenvalue weighted by Crippen LogP contribution is 2.21. The first-order chi connectivity index (χ1) is 8.56. The van der Waals surface area contributed by atoms with E-state index in [9.17, 15) is 14.9 Å². The molecule has 1 heterocycles. The van der Waals surface area contributed by atoms with Crippen molar-refractivity contribution in [1.29, 1.82) is 0 Å². The maximum Gasteiger partial charge on any atom is 0.325 e. The standard InChI is InChI=1S/C11H9N3O4/c15-11(16)7-13-6-9(5-12-13)8-1-3-10(4-2-8)14(17)18/h1-6H,7H2,(H,15,16). The molecule has 0 bridgehead atoms. The van der Waals surface area contributed by atoms with Crippen molar-refractivity contribution < 1.29 is 14.8 Å². The molecule has 0 spiro atoms. The van der Waals surface area contributed by atoms with Gasteiger partial charge in [-0.05, 0) is 17.7 Å². The summed E-state index contributed by atoms with van der Waals surface area (Å²) >= 11 is 0. The zero-order valence-electron chi connectivity index (χ0n) is 9.18. The van der Waals surface area contributed by atoms with Crippen molar-refractivity contribution in [3.8, 4) is 11.1 Å². The van der Waals surface area contributed by atoms with Gasteiger partial charge in [-0.3, -0.25) is 19.6 Å². The molecule has 1 aromatic heterocycles. The average Bonchev–Trinajstić information content (AvgIpc) is 2.76. The highest BCUT2D eigenvalue weighted by molar-refractivity contribution is 5.67. The van der Waals surface area contributed by atoms with Crippen LogP contribution in [0.4, 0.5) is 5.69 Å². The average molecular weight is 247 g/mol. The summed E-state index contributed by atoms with van der Waals surface area (Å²) in [5.74, 6) is -0.978. The van der Waals surface area contributed by atoms with Gasteiger partial charge in [0.1, 0.15) is 6.54 Å². The molecule has 7 heteroatoms. The molecule has 0 aliphatic carbocycles. The maximum atomic E-state index is 10.5. The van der Waals surface area contributed by atoms with Crippen LogP contribution in [-0.4, -0.2) is 25.8 Å². The maximum absolute atomic E-state index is 10.5. The summed E-state index contributed by atoms with van der Waals surface area (Å²) in [6.07, 6.45) is 3.10. The number of hydrogen-bond acceptors (Lipinski definition) is 4. The number of aliphatic carboxylic acids is 1. The van der Waals surface area contributed by atoms with Crippen LogP contribution in [0.25, 0.3) is 11.1 Å². The molecule has 0 amide bonds. The van der Waals surface area contributed by atoms with Gasteiger partial charge >= 0.3 is 5.97 Å². The minimum atomic E-state index is -0.978. The number of aromatic nitrogens is 2. The number of carboxylic acids is 1. The van der Waals surface area contributed by atoms with E-state index in [2.05, 4.69) is 5.10 Å². The Labute approximate surface area is 101 Å². The van der Waals surface area contributed by atoms with Crippen LogP contribution < -0.4 is 0 Å². The lowest BCUT2D eigenvalue weighted by atomic mass is 10.1. The van der Waals surface area contributed by atoms with Gasteiger partial charge in [0, 0.05) is 23.9 Å². The number of benzene rings is 1. The second kappa shape index (κ2) is 4.66. The van der Waals surface area contributed by atoms with E-state index < -0.39 is 10.9 Å². The summed E-state index contributed by atoms with van der Waals surface area (Å²) in [6, 6.07) is 5.98. The van der Waals surface area contributed by atoms with Crippen molar-refractivity contribution >= 4 is 11.7 Å². The van der Waals surface area contributed by atoms with Gasteiger partial charge in [-0.1, -0.05) is 0 Å². The number of rotatable bonds is 4. The Morgan fingerprint density at radius 3 is 2.56 bits per heavy atom. The summed E-state index contributed by atoms with van der Waals surface area (Å²) in [5.41, 5.74) is 1.47. The van der Waals surface area contributed by atoms with E-state index in [0.717, 1.165) is 5.56 Å². The molecule has 0 fully saturated rings. The molecule has 18 heavy (non-hydrogen) atoms. The number of carbonyl (C=O) groups is 1. The van der Waals surface area contributed by atoms with Crippen LogP contribution >= 0.6 is 0 Å². The van der Waals surface area contributed by atoms with Gasteiger partial charge in [0.25, 0.3) is 5.69 Å². The number of nitro benzene ring substituents is 1. The first kappa shape index (κ1) is 11.8. The van der Waals surface area contributed by atoms with Crippen LogP contribution in [0.15, 0.2) is 36.7 Å². The molecule has 0 saturated carbocycles. The molecule has 0 atom stereocenters. The molecule has 0 aliphatic heterocycles. The Hall–Kier alpha value is -2.70. The quantitative estimate of drug-likeness (QED) is 0.652. The SMILES string of the molecule is O=C(O)Cn1cc(-c2ccc([N+](=O)[O-])cc2)cn1. The van der Waals surface area contributed by atoms with E-state index in [1.165, 1.54) is 23.0 Å².